The van der Waals surface area contributed by atoms with Gasteiger partial charge in [0.2, 0.25) is 0 Å². The summed E-state index contributed by atoms with van der Waals surface area (Å²) < 4.78 is 39.7. The Morgan fingerprint density at radius 1 is 0.857 bits per heavy atom. The van der Waals surface area contributed by atoms with Gasteiger partial charge in [0.1, 0.15) is 5.82 Å². The molecule has 0 aromatic heterocycles. The number of carbonyl (C=O) groups excluding carboxylic acids is 1. The highest BCUT2D eigenvalue weighted by Crippen LogP contribution is 2.23. The lowest BCUT2D eigenvalue weighted by Gasteiger charge is -2.19. The second-order valence-electron chi connectivity index (χ2n) is 5.90. The number of hydrogen-bond donors (Lipinski definition) is 0. The summed E-state index contributed by atoms with van der Waals surface area (Å²) in [6.45, 7) is 6.08. The molecule has 0 saturated heterocycles. The molecule has 0 saturated carbocycles. The average Bonchev–Trinajstić information content (AvgIpc) is 2.41. The van der Waals surface area contributed by atoms with E-state index in [0.29, 0.717) is 12.1 Å². The molecule has 0 fully saturated rings. The molecule has 2 rings (SSSR count). The van der Waals surface area contributed by atoms with Gasteiger partial charge in [0.05, 0.1) is 5.56 Å². The fourth-order valence-corrected chi connectivity index (χ4v) is 1.97. The maximum atomic E-state index is 13.6. The summed E-state index contributed by atoms with van der Waals surface area (Å²) in [7, 11) is 0. The van der Waals surface area contributed by atoms with E-state index in [-0.39, 0.29) is 11.0 Å². The molecule has 4 heteroatoms. The molecule has 0 aliphatic carbocycles. The summed E-state index contributed by atoms with van der Waals surface area (Å²) in [5.74, 6) is -4.30. The molecule has 0 bridgehead atoms. The third-order valence-electron chi connectivity index (χ3n) is 3.27. The van der Waals surface area contributed by atoms with E-state index in [9.17, 15) is 18.0 Å². The van der Waals surface area contributed by atoms with Crippen molar-refractivity contribution in [1.82, 2.24) is 0 Å². The smallest absolute Gasteiger partial charge is 0.196 e. The minimum atomic E-state index is -1.31. The molecule has 0 amide bonds. The van der Waals surface area contributed by atoms with E-state index in [1.54, 1.807) is 24.3 Å². The maximum absolute atomic E-state index is 13.6. The van der Waals surface area contributed by atoms with Gasteiger partial charge in [-0.05, 0) is 17.0 Å². The van der Waals surface area contributed by atoms with Crippen LogP contribution in [0.4, 0.5) is 13.2 Å². The zero-order valence-corrected chi connectivity index (χ0v) is 12.0. The molecular weight excluding hydrogens is 277 g/mol. The summed E-state index contributed by atoms with van der Waals surface area (Å²) in [6, 6.07) is 7.63. The normalized spacial score (nSPS) is 11.5. The highest BCUT2D eigenvalue weighted by Gasteiger charge is 2.19. The van der Waals surface area contributed by atoms with Crippen LogP contribution in [0.15, 0.2) is 36.4 Å². The summed E-state index contributed by atoms with van der Waals surface area (Å²) in [4.78, 5) is 12.2. The van der Waals surface area contributed by atoms with Gasteiger partial charge in [-0.1, -0.05) is 45.0 Å². The van der Waals surface area contributed by atoms with Crippen LogP contribution in [0.25, 0.3) is 0 Å². The van der Waals surface area contributed by atoms with Crippen LogP contribution in [-0.2, 0) is 5.41 Å². The lowest BCUT2D eigenvalue weighted by Crippen LogP contribution is -2.12. The van der Waals surface area contributed by atoms with Crippen molar-refractivity contribution in [1.29, 1.82) is 0 Å². The minimum Gasteiger partial charge on any atom is -0.288 e. The Labute approximate surface area is 121 Å². The van der Waals surface area contributed by atoms with Gasteiger partial charge >= 0.3 is 0 Å². The highest BCUT2D eigenvalue weighted by atomic mass is 19.2. The van der Waals surface area contributed by atoms with Crippen molar-refractivity contribution in [2.75, 3.05) is 0 Å². The van der Waals surface area contributed by atoms with E-state index in [4.69, 9.17) is 0 Å². The molecule has 1 nitrogen and oxygen atoms in total. The second kappa shape index (κ2) is 5.35. The molecule has 0 radical (unpaired) electrons. The third kappa shape index (κ3) is 3.15. The molecule has 0 atom stereocenters. The Balaban J connectivity index is 2.39. The lowest BCUT2D eigenvalue weighted by molar-refractivity contribution is 0.103. The summed E-state index contributed by atoms with van der Waals surface area (Å²) >= 11 is 0. The first-order valence-corrected chi connectivity index (χ1v) is 6.50. The van der Waals surface area contributed by atoms with Crippen LogP contribution >= 0.6 is 0 Å². The maximum Gasteiger partial charge on any atom is 0.196 e. The van der Waals surface area contributed by atoms with Crippen molar-refractivity contribution in [2.45, 2.75) is 26.2 Å². The first kappa shape index (κ1) is 15.3. The predicted molar refractivity (Wildman–Crippen MR) is 74.9 cm³/mol. The van der Waals surface area contributed by atoms with Crippen molar-refractivity contribution >= 4 is 5.78 Å². The van der Waals surface area contributed by atoms with Crippen LogP contribution in [0.2, 0.25) is 0 Å². The van der Waals surface area contributed by atoms with Crippen molar-refractivity contribution in [3.05, 3.63) is 70.5 Å². The van der Waals surface area contributed by atoms with Crippen LogP contribution in [-0.4, -0.2) is 5.78 Å². The van der Waals surface area contributed by atoms with Crippen LogP contribution in [0.5, 0.6) is 0 Å². The number of halogens is 3. The van der Waals surface area contributed by atoms with Gasteiger partial charge in [0, 0.05) is 11.6 Å². The van der Waals surface area contributed by atoms with Gasteiger partial charge in [-0.15, -0.1) is 0 Å². The summed E-state index contributed by atoms with van der Waals surface area (Å²) in [5, 5.41) is 0. The van der Waals surface area contributed by atoms with Crippen molar-refractivity contribution in [3.8, 4) is 0 Å². The van der Waals surface area contributed by atoms with E-state index in [2.05, 4.69) is 0 Å². The van der Waals surface area contributed by atoms with E-state index >= 15 is 0 Å². The fourth-order valence-electron chi connectivity index (χ4n) is 1.97. The van der Waals surface area contributed by atoms with Gasteiger partial charge in [-0.25, -0.2) is 13.2 Å². The average molecular weight is 292 g/mol. The van der Waals surface area contributed by atoms with Crippen LogP contribution in [0, 0.1) is 17.5 Å². The van der Waals surface area contributed by atoms with Gasteiger partial charge in [0.15, 0.2) is 17.4 Å². The molecule has 0 aliphatic heterocycles. The zero-order chi connectivity index (χ0) is 15.8. The standard InChI is InChI=1S/C17H15F3O/c1-17(2,3)11-6-4-10(5-7-11)16(21)12-8-14(19)15(20)9-13(12)18/h4-9H,1-3H3. The molecule has 0 heterocycles. The van der Waals surface area contributed by atoms with Gasteiger partial charge in [-0.3, -0.25) is 4.79 Å². The SMILES string of the molecule is CC(C)(C)c1ccc(C(=O)c2cc(F)c(F)cc2F)cc1. The van der Waals surface area contributed by atoms with Gasteiger partial charge in [-0.2, -0.15) is 0 Å². The topological polar surface area (TPSA) is 17.1 Å². The van der Waals surface area contributed by atoms with Crippen molar-refractivity contribution < 1.29 is 18.0 Å². The van der Waals surface area contributed by atoms with E-state index < -0.39 is 28.8 Å². The monoisotopic (exact) mass is 292 g/mol. The number of hydrogen-bond acceptors (Lipinski definition) is 1. The first-order chi connectivity index (χ1) is 9.70. The Morgan fingerprint density at radius 2 is 1.38 bits per heavy atom. The predicted octanol–water partition coefficient (Wildman–Crippen LogP) is 4.63. The zero-order valence-electron chi connectivity index (χ0n) is 12.0. The quantitative estimate of drug-likeness (QED) is 0.582. The van der Waals surface area contributed by atoms with Gasteiger partial charge < -0.3 is 0 Å². The van der Waals surface area contributed by atoms with Gasteiger partial charge in [0.25, 0.3) is 0 Å². The molecule has 0 aliphatic rings. The molecule has 0 spiro atoms. The summed E-state index contributed by atoms with van der Waals surface area (Å²) in [5.41, 5.74) is 0.699. The van der Waals surface area contributed by atoms with Crippen LogP contribution < -0.4 is 0 Å². The molecule has 2 aromatic carbocycles. The van der Waals surface area contributed by atoms with E-state index in [1.807, 2.05) is 20.8 Å². The molecular formula is C17H15F3O. The second-order valence-corrected chi connectivity index (χ2v) is 5.90. The van der Waals surface area contributed by atoms with Crippen LogP contribution in [0.1, 0.15) is 42.3 Å². The number of ketones is 1. The lowest BCUT2D eigenvalue weighted by atomic mass is 9.86. The molecule has 0 N–H and O–H groups in total. The first-order valence-electron chi connectivity index (χ1n) is 6.50. The fraction of sp³-hybridized carbons (Fsp3) is 0.235. The summed E-state index contributed by atoms with van der Waals surface area (Å²) in [6.07, 6.45) is 0. The number of rotatable bonds is 2. The largest absolute Gasteiger partial charge is 0.288 e. The molecule has 2 aromatic rings. The number of benzene rings is 2. The van der Waals surface area contributed by atoms with Crippen LogP contribution in [0.3, 0.4) is 0 Å². The molecule has 21 heavy (non-hydrogen) atoms. The Bertz CT molecular complexity index is 682. The Hall–Kier alpha value is -2.10. The van der Waals surface area contributed by atoms with E-state index in [1.165, 1.54) is 0 Å². The molecule has 0 unspecified atom stereocenters. The molecule has 110 valence electrons. The van der Waals surface area contributed by atoms with E-state index in [0.717, 1.165) is 5.56 Å². The third-order valence-corrected chi connectivity index (χ3v) is 3.27. The Kier molecular flexibility index (Phi) is 3.90. The highest BCUT2D eigenvalue weighted by molar-refractivity contribution is 6.09. The Morgan fingerprint density at radius 3 is 1.90 bits per heavy atom. The number of carbonyl (C=O) groups is 1. The van der Waals surface area contributed by atoms with Crippen molar-refractivity contribution in [3.63, 3.8) is 0 Å². The van der Waals surface area contributed by atoms with Crippen molar-refractivity contribution in [2.24, 2.45) is 0 Å². The minimum absolute atomic E-state index is 0.0746.